The second-order valence-electron chi connectivity index (χ2n) is 8.79. The number of amides is 2. The van der Waals surface area contributed by atoms with Crippen molar-refractivity contribution >= 4 is 51.3 Å². The Morgan fingerprint density at radius 1 is 0.949 bits per heavy atom. The molecule has 1 atom stereocenters. The maximum Gasteiger partial charge on any atom is 0.344 e. The van der Waals surface area contributed by atoms with Crippen molar-refractivity contribution in [2.24, 2.45) is 0 Å². The Morgan fingerprint density at radius 2 is 1.69 bits per heavy atom. The molecule has 0 bridgehead atoms. The number of hydrogen-bond acceptors (Lipinski definition) is 7. The first-order valence-corrected chi connectivity index (χ1v) is 13.5. The van der Waals surface area contributed by atoms with Crippen LogP contribution in [-0.2, 0) is 20.1 Å². The van der Waals surface area contributed by atoms with Crippen LogP contribution in [0.4, 0.5) is 0 Å². The fourth-order valence-corrected chi connectivity index (χ4v) is 4.98. The summed E-state index contributed by atoms with van der Waals surface area (Å²) in [6, 6.07) is 21.1. The molecule has 2 amide bonds. The van der Waals surface area contributed by atoms with Gasteiger partial charge in [0.05, 0.1) is 5.39 Å². The van der Waals surface area contributed by atoms with Crippen molar-refractivity contribution in [3.8, 4) is 5.75 Å². The Labute approximate surface area is 228 Å². The average Bonchev–Trinajstić information content (AvgIpc) is 2.94. The molecule has 0 unspecified atom stereocenters. The summed E-state index contributed by atoms with van der Waals surface area (Å²) in [7, 11) is 0. The first-order chi connectivity index (χ1) is 18.9. The smallest absolute Gasteiger partial charge is 0.344 e. The van der Waals surface area contributed by atoms with E-state index in [0.717, 1.165) is 16.3 Å². The van der Waals surface area contributed by atoms with E-state index in [0.29, 0.717) is 28.2 Å². The number of nitrogens with one attached hydrogen (secondary N) is 2. The third-order valence-corrected chi connectivity index (χ3v) is 6.98. The number of carboxylic acids is 1. The van der Waals surface area contributed by atoms with E-state index in [9.17, 15) is 19.2 Å². The molecule has 4 aromatic rings. The standard InChI is InChI=1S/C29H28N2O7S/c32-26(16-37-20-12-13-22-21-9-4-5-10-23(21)29(36)38-25(22)15-20)31-24(28(35)30-14-6-11-27(33)34)18-39-17-19-7-2-1-3-8-19/h1-5,7-10,12-13,15,24H,6,11,14,16-18H2,(H,30,35)(H,31,32)(H,33,34)/t24-/m1/s1. The zero-order chi connectivity index (χ0) is 27.6. The minimum Gasteiger partial charge on any atom is -0.484 e. The van der Waals surface area contributed by atoms with Crippen molar-refractivity contribution in [2.45, 2.75) is 24.6 Å². The second kappa shape index (κ2) is 13.5. The highest BCUT2D eigenvalue weighted by atomic mass is 32.2. The highest BCUT2D eigenvalue weighted by Crippen LogP contribution is 2.26. The predicted molar refractivity (Wildman–Crippen MR) is 150 cm³/mol. The highest BCUT2D eigenvalue weighted by Gasteiger charge is 2.21. The summed E-state index contributed by atoms with van der Waals surface area (Å²) in [4.78, 5) is 48.5. The summed E-state index contributed by atoms with van der Waals surface area (Å²) in [5.74, 6) is -0.517. The third kappa shape index (κ3) is 7.84. The Hall–Kier alpha value is -4.31. The second-order valence-corrected chi connectivity index (χ2v) is 9.82. The normalized spacial score (nSPS) is 11.7. The molecule has 0 aliphatic heterocycles. The Balaban J connectivity index is 1.37. The summed E-state index contributed by atoms with van der Waals surface area (Å²) in [5, 5.41) is 16.2. The number of carboxylic acid groups (broad SMARTS) is 1. The quantitative estimate of drug-likeness (QED) is 0.131. The molecule has 202 valence electrons. The molecule has 4 rings (SSSR count). The number of fused-ring (bicyclic) bond motifs is 3. The molecule has 3 aromatic carbocycles. The number of carbonyl (C=O) groups is 3. The number of rotatable bonds is 13. The van der Waals surface area contributed by atoms with Crippen molar-refractivity contribution in [3.05, 3.63) is 88.8 Å². The van der Waals surface area contributed by atoms with Gasteiger partial charge in [-0.2, -0.15) is 11.8 Å². The molecule has 1 aromatic heterocycles. The minimum atomic E-state index is -0.939. The SMILES string of the molecule is O=C(O)CCCNC(=O)[C@@H](CSCc1ccccc1)NC(=O)COc1ccc2c(c1)oc(=O)c1ccccc12. The zero-order valence-electron chi connectivity index (χ0n) is 21.1. The lowest BCUT2D eigenvalue weighted by molar-refractivity contribution is -0.137. The summed E-state index contributed by atoms with van der Waals surface area (Å²) in [5.41, 5.74) is 0.972. The van der Waals surface area contributed by atoms with Crippen LogP contribution in [0.3, 0.4) is 0 Å². The van der Waals surface area contributed by atoms with E-state index in [4.69, 9.17) is 14.3 Å². The fourth-order valence-electron chi connectivity index (χ4n) is 3.96. The van der Waals surface area contributed by atoms with E-state index in [1.165, 1.54) is 11.8 Å². The molecule has 0 saturated heterocycles. The zero-order valence-corrected chi connectivity index (χ0v) is 21.9. The molecule has 0 aliphatic carbocycles. The van der Waals surface area contributed by atoms with Crippen molar-refractivity contribution in [1.82, 2.24) is 10.6 Å². The van der Waals surface area contributed by atoms with Gasteiger partial charge in [0, 0.05) is 35.9 Å². The number of carbonyl (C=O) groups excluding carboxylic acids is 2. The Morgan fingerprint density at radius 3 is 2.46 bits per heavy atom. The van der Waals surface area contributed by atoms with Gasteiger partial charge >= 0.3 is 11.6 Å². The van der Waals surface area contributed by atoms with Gasteiger partial charge < -0.3 is 24.9 Å². The predicted octanol–water partition coefficient (Wildman–Crippen LogP) is 3.72. The van der Waals surface area contributed by atoms with Gasteiger partial charge in [-0.3, -0.25) is 14.4 Å². The number of thioether (sulfide) groups is 1. The summed E-state index contributed by atoms with van der Waals surface area (Å²) in [6.45, 7) is -0.163. The Bertz CT molecular complexity index is 1520. The lowest BCUT2D eigenvalue weighted by atomic mass is 10.1. The van der Waals surface area contributed by atoms with Gasteiger partial charge in [-0.05, 0) is 35.6 Å². The summed E-state index contributed by atoms with van der Waals surface area (Å²) in [6.07, 6.45) is 0.227. The largest absolute Gasteiger partial charge is 0.484 e. The molecule has 39 heavy (non-hydrogen) atoms. The van der Waals surface area contributed by atoms with Crippen molar-refractivity contribution in [2.75, 3.05) is 18.9 Å². The van der Waals surface area contributed by atoms with Crippen LogP contribution in [0.15, 0.2) is 82.0 Å². The van der Waals surface area contributed by atoms with Gasteiger partial charge in [0.15, 0.2) is 6.61 Å². The summed E-state index contributed by atoms with van der Waals surface area (Å²) >= 11 is 1.49. The van der Waals surface area contributed by atoms with E-state index in [1.807, 2.05) is 42.5 Å². The third-order valence-electron chi connectivity index (χ3n) is 5.88. The van der Waals surface area contributed by atoms with E-state index in [2.05, 4.69) is 10.6 Å². The molecule has 0 saturated carbocycles. The van der Waals surface area contributed by atoms with Crippen LogP contribution in [0, 0.1) is 0 Å². The van der Waals surface area contributed by atoms with Crippen LogP contribution in [0.2, 0.25) is 0 Å². The van der Waals surface area contributed by atoms with Crippen molar-refractivity contribution < 1.29 is 28.6 Å². The van der Waals surface area contributed by atoms with Gasteiger partial charge in [-0.15, -0.1) is 0 Å². The molecule has 0 fully saturated rings. The molecule has 0 spiro atoms. The first-order valence-electron chi connectivity index (χ1n) is 12.4. The number of ether oxygens (including phenoxy) is 1. The molecule has 9 nitrogen and oxygen atoms in total. The Kier molecular flexibility index (Phi) is 9.58. The van der Waals surface area contributed by atoms with Crippen LogP contribution < -0.4 is 21.0 Å². The molecular formula is C29H28N2O7S. The van der Waals surface area contributed by atoms with Gasteiger partial charge in [-0.25, -0.2) is 4.79 Å². The van der Waals surface area contributed by atoms with Crippen LogP contribution in [0.1, 0.15) is 18.4 Å². The monoisotopic (exact) mass is 548 g/mol. The molecule has 0 radical (unpaired) electrons. The van der Waals surface area contributed by atoms with Crippen LogP contribution in [-0.4, -0.2) is 47.8 Å². The van der Waals surface area contributed by atoms with Gasteiger partial charge in [0.25, 0.3) is 5.91 Å². The average molecular weight is 549 g/mol. The van der Waals surface area contributed by atoms with E-state index >= 15 is 0 Å². The van der Waals surface area contributed by atoms with Gasteiger partial charge in [0.1, 0.15) is 17.4 Å². The van der Waals surface area contributed by atoms with Gasteiger partial charge in [0.2, 0.25) is 5.91 Å². The number of benzene rings is 3. The van der Waals surface area contributed by atoms with Crippen LogP contribution in [0.25, 0.3) is 21.7 Å². The molecular weight excluding hydrogens is 520 g/mol. The lowest BCUT2D eigenvalue weighted by Gasteiger charge is -2.18. The van der Waals surface area contributed by atoms with E-state index in [-0.39, 0.29) is 26.0 Å². The maximum absolute atomic E-state index is 12.8. The fraction of sp³-hybridized carbons (Fsp3) is 0.241. The van der Waals surface area contributed by atoms with E-state index < -0.39 is 29.5 Å². The topological polar surface area (TPSA) is 135 Å². The molecule has 1 heterocycles. The molecule has 10 heteroatoms. The van der Waals surface area contributed by atoms with E-state index in [1.54, 1.807) is 30.3 Å². The lowest BCUT2D eigenvalue weighted by Crippen LogP contribution is -2.49. The van der Waals surface area contributed by atoms with Crippen LogP contribution >= 0.6 is 11.8 Å². The highest BCUT2D eigenvalue weighted by molar-refractivity contribution is 7.98. The maximum atomic E-state index is 12.8. The minimum absolute atomic E-state index is 0.0599. The molecule has 0 aliphatic rings. The summed E-state index contributed by atoms with van der Waals surface area (Å²) < 4.78 is 11.1. The van der Waals surface area contributed by atoms with Gasteiger partial charge in [-0.1, -0.05) is 48.5 Å². The number of aliphatic carboxylic acids is 1. The van der Waals surface area contributed by atoms with Crippen LogP contribution in [0.5, 0.6) is 5.75 Å². The first kappa shape index (κ1) is 27.7. The van der Waals surface area contributed by atoms with Crippen molar-refractivity contribution in [1.29, 1.82) is 0 Å². The molecule has 3 N–H and O–H groups in total. The van der Waals surface area contributed by atoms with Crippen molar-refractivity contribution in [3.63, 3.8) is 0 Å². The number of hydrogen-bond donors (Lipinski definition) is 3.